The van der Waals surface area contributed by atoms with Crippen molar-refractivity contribution in [3.8, 4) is 0 Å². The van der Waals surface area contributed by atoms with Gasteiger partial charge in [-0.3, -0.25) is 0 Å². The number of benzene rings is 1. The molecule has 1 aromatic rings. The minimum Gasteiger partial charge on any atom is -0.398 e. The number of nitrogens with two attached hydrogens (primary N) is 1. The van der Waals surface area contributed by atoms with Gasteiger partial charge in [-0.25, -0.2) is 0 Å². The van der Waals surface area contributed by atoms with Crippen molar-refractivity contribution >= 4 is 17.3 Å². The van der Waals surface area contributed by atoms with Crippen molar-refractivity contribution in [1.29, 1.82) is 0 Å². The van der Waals surface area contributed by atoms with Gasteiger partial charge >= 0.3 is 0 Å². The first-order chi connectivity index (χ1) is 7.60. The lowest BCUT2D eigenvalue weighted by atomic mass is 9.98. The Morgan fingerprint density at radius 1 is 1.38 bits per heavy atom. The summed E-state index contributed by atoms with van der Waals surface area (Å²) in [6, 6.07) is 3.73. The monoisotopic (exact) mass is 241 g/mol. The molecule has 1 aromatic carbocycles. The van der Waals surface area contributed by atoms with Crippen LogP contribution in [0.25, 0.3) is 0 Å². The highest BCUT2D eigenvalue weighted by molar-refractivity contribution is 6.31. The fourth-order valence-electron chi connectivity index (χ4n) is 2.04. The van der Waals surface area contributed by atoms with Crippen molar-refractivity contribution in [3.05, 3.63) is 28.3 Å². The topological polar surface area (TPSA) is 44.5 Å². The summed E-state index contributed by atoms with van der Waals surface area (Å²) in [5, 5.41) is 0.672. The van der Waals surface area contributed by atoms with Gasteiger partial charge in [-0.2, -0.15) is 0 Å². The Labute approximate surface area is 100 Å². The number of hydrogen-bond acceptors (Lipinski definition) is 3. The molecule has 1 heterocycles. The lowest BCUT2D eigenvalue weighted by molar-refractivity contribution is -0.167. The zero-order valence-corrected chi connectivity index (χ0v) is 10.3. The second-order valence-electron chi connectivity index (χ2n) is 3.94. The molecular formula is C12H16ClNO2. The predicted molar refractivity (Wildman–Crippen MR) is 64.5 cm³/mol. The van der Waals surface area contributed by atoms with Crippen LogP contribution in [0.1, 0.15) is 24.5 Å². The van der Waals surface area contributed by atoms with Crippen LogP contribution in [-0.4, -0.2) is 13.2 Å². The van der Waals surface area contributed by atoms with Crippen LogP contribution in [0.2, 0.25) is 5.02 Å². The third-order valence-corrected chi connectivity index (χ3v) is 3.49. The second kappa shape index (κ2) is 4.24. The van der Waals surface area contributed by atoms with E-state index in [9.17, 15) is 0 Å². The maximum absolute atomic E-state index is 6.08. The van der Waals surface area contributed by atoms with E-state index in [0.29, 0.717) is 23.9 Å². The Morgan fingerprint density at radius 2 is 2.00 bits per heavy atom. The average molecular weight is 242 g/mol. The van der Waals surface area contributed by atoms with Crippen molar-refractivity contribution in [3.63, 3.8) is 0 Å². The molecule has 0 radical (unpaired) electrons. The number of anilines is 1. The molecule has 1 fully saturated rings. The zero-order chi connectivity index (χ0) is 11.8. The molecule has 0 saturated carbocycles. The molecule has 0 spiro atoms. The maximum atomic E-state index is 6.08. The molecule has 4 heteroatoms. The third-order valence-electron chi connectivity index (χ3n) is 3.08. The third kappa shape index (κ3) is 1.69. The van der Waals surface area contributed by atoms with Crippen molar-refractivity contribution < 1.29 is 9.47 Å². The van der Waals surface area contributed by atoms with Gasteiger partial charge in [0, 0.05) is 22.7 Å². The molecule has 1 aliphatic heterocycles. The Kier molecular flexibility index (Phi) is 3.10. The van der Waals surface area contributed by atoms with E-state index in [2.05, 4.69) is 0 Å². The zero-order valence-electron chi connectivity index (χ0n) is 9.55. The van der Waals surface area contributed by atoms with Gasteiger partial charge < -0.3 is 15.2 Å². The van der Waals surface area contributed by atoms with Gasteiger partial charge in [0.2, 0.25) is 0 Å². The summed E-state index contributed by atoms with van der Waals surface area (Å²) in [5.74, 6) is -0.681. The number of ether oxygens (including phenoxy) is 2. The van der Waals surface area contributed by atoms with Gasteiger partial charge in [0.05, 0.1) is 13.2 Å². The predicted octanol–water partition coefficient (Wildman–Crippen LogP) is 2.84. The molecule has 0 unspecified atom stereocenters. The quantitative estimate of drug-likeness (QED) is 0.810. The van der Waals surface area contributed by atoms with Crippen LogP contribution in [0.15, 0.2) is 12.1 Å². The molecule has 1 saturated heterocycles. The van der Waals surface area contributed by atoms with Gasteiger partial charge in [-0.15, -0.1) is 0 Å². The lowest BCUT2D eigenvalue weighted by Crippen LogP contribution is -2.27. The van der Waals surface area contributed by atoms with Crippen LogP contribution < -0.4 is 5.73 Å². The smallest absolute Gasteiger partial charge is 0.196 e. The maximum Gasteiger partial charge on any atom is 0.196 e. The highest BCUT2D eigenvalue weighted by Crippen LogP contribution is 2.40. The van der Waals surface area contributed by atoms with Gasteiger partial charge in [0.25, 0.3) is 0 Å². The summed E-state index contributed by atoms with van der Waals surface area (Å²) in [4.78, 5) is 0. The van der Waals surface area contributed by atoms with Crippen molar-refractivity contribution in [2.24, 2.45) is 0 Å². The first-order valence-electron chi connectivity index (χ1n) is 5.43. The van der Waals surface area contributed by atoms with Crippen LogP contribution >= 0.6 is 11.6 Å². The van der Waals surface area contributed by atoms with E-state index >= 15 is 0 Å². The normalized spacial score (nSPS) is 18.9. The molecule has 0 aromatic heterocycles. The minimum atomic E-state index is -0.681. The highest BCUT2D eigenvalue weighted by atomic mass is 35.5. The van der Waals surface area contributed by atoms with E-state index in [-0.39, 0.29) is 0 Å². The van der Waals surface area contributed by atoms with E-state index < -0.39 is 5.79 Å². The number of rotatable bonds is 2. The molecule has 16 heavy (non-hydrogen) atoms. The summed E-state index contributed by atoms with van der Waals surface area (Å²) in [6.07, 6.45) is 0.734. The van der Waals surface area contributed by atoms with Crippen molar-refractivity contribution in [2.75, 3.05) is 18.9 Å². The van der Waals surface area contributed by atoms with Gasteiger partial charge in [-0.05, 0) is 18.6 Å². The Morgan fingerprint density at radius 3 is 2.56 bits per heavy atom. The van der Waals surface area contributed by atoms with E-state index in [1.165, 1.54) is 0 Å². The van der Waals surface area contributed by atoms with Gasteiger partial charge in [0.1, 0.15) is 0 Å². The summed E-state index contributed by atoms with van der Waals surface area (Å²) in [5.41, 5.74) is 8.51. The summed E-state index contributed by atoms with van der Waals surface area (Å²) < 4.78 is 11.4. The fourth-order valence-corrected chi connectivity index (χ4v) is 2.20. The Bertz CT molecular complexity index is 400. The number of halogens is 1. The standard InChI is InChI=1S/C12H16ClNO2/c1-3-12(15-6-7-16-12)9-4-5-10(13)8(2)11(9)14/h4-5H,3,6-7,14H2,1-2H3. The molecule has 0 amide bonds. The SMILES string of the molecule is CCC1(c2ccc(Cl)c(C)c2N)OCCO1. The van der Waals surface area contributed by atoms with Crippen LogP contribution in [0.5, 0.6) is 0 Å². The summed E-state index contributed by atoms with van der Waals surface area (Å²) >= 11 is 6.02. The lowest BCUT2D eigenvalue weighted by Gasteiger charge is -2.28. The number of hydrogen-bond donors (Lipinski definition) is 1. The summed E-state index contributed by atoms with van der Waals surface area (Å²) in [6.45, 7) is 5.14. The average Bonchev–Trinajstić information content (AvgIpc) is 2.76. The van der Waals surface area contributed by atoms with Crippen molar-refractivity contribution in [2.45, 2.75) is 26.1 Å². The molecule has 2 rings (SSSR count). The van der Waals surface area contributed by atoms with E-state index in [0.717, 1.165) is 17.5 Å². The van der Waals surface area contributed by atoms with E-state index in [1.807, 2.05) is 26.0 Å². The van der Waals surface area contributed by atoms with E-state index in [1.54, 1.807) is 0 Å². The van der Waals surface area contributed by atoms with Gasteiger partial charge in [0.15, 0.2) is 5.79 Å². The molecule has 2 N–H and O–H groups in total. The van der Waals surface area contributed by atoms with Crippen LogP contribution in [0, 0.1) is 6.92 Å². The molecule has 1 aliphatic rings. The highest BCUT2D eigenvalue weighted by Gasteiger charge is 2.38. The largest absolute Gasteiger partial charge is 0.398 e. The molecule has 3 nitrogen and oxygen atoms in total. The van der Waals surface area contributed by atoms with Gasteiger partial charge in [-0.1, -0.05) is 24.6 Å². The molecule has 0 aliphatic carbocycles. The molecule has 88 valence electrons. The Balaban J connectivity index is 2.51. The molecular weight excluding hydrogens is 226 g/mol. The van der Waals surface area contributed by atoms with Crippen molar-refractivity contribution in [1.82, 2.24) is 0 Å². The van der Waals surface area contributed by atoms with Crippen LogP contribution in [0.4, 0.5) is 5.69 Å². The first kappa shape index (κ1) is 11.7. The summed E-state index contributed by atoms with van der Waals surface area (Å²) in [7, 11) is 0. The molecule has 0 bridgehead atoms. The second-order valence-corrected chi connectivity index (χ2v) is 4.34. The fraction of sp³-hybridized carbons (Fsp3) is 0.500. The van der Waals surface area contributed by atoms with E-state index in [4.69, 9.17) is 26.8 Å². The molecule has 0 atom stereocenters. The Hall–Kier alpha value is -0.770. The number of nitrogen functional groups attached to an aromatic ring is 1. The van der Waals surface area contributed by atoms with Crippen LogP contribution in [-0.2, 0) is 15.3 Å². The first-order valence-corrected chi connectivity index (χ1v) is 5.81. The minimum absolute atomic E-state index is 0.606. The van der Waals surface area contributed by atoms with Crippen LogP contribution in [0.3, 0.4) is 0 Å².